The number of fused-ring (bicyclic) bond motifs is 2. The lowest BCUT2D eigenvalue weighted by Crippen LogP contribution is -2.31. The van der Waals surface area contributed by atoms with Gasteiger partial charge in [-0.2, -0.15) is 0 Å². The predicted octanol–water partition coefficient (Wildman–Crippen LogP) is 7.58. The van der Waals surface area contributed by atoms with Gasteiger partial charge in [0.2, 0.25) is 0 Å². The van der Waals surface area contributed by atoms with Gasteiger partial charge in [-0.15, -0.1) is 0 Å². The Kier molecular flexibility index (Phi) is 5.97. The van der Waals surface area contributed by atoms with E-state index in [9.17, 15) is 0 Å². The minimum atomic E-state index is -0.322. The third-order valence-corrected chi connectivity index (χ3v) is 8.29. The van der Waals surface area contributed by atoms with Gasteiger partial charge in [0.15, 0.2) is 11.5 Å². The van der Waals surface area contributed by atoms with Crippen LogP contribution in [-0.4, -0.2) is 19.8 Å². The number of methoxy groups -OCH3 is 2. The molecule has 3 aromatic rings. The molecule has 0 unspecified atom stereocenters. The molecule has 0 spiro atoms. The van der Waals surface area contributed by atoms with Gasteiger partial charge in [-0.3, -0.25) is 0 Å². The first-order valence-electron chi connectivity index (χ1n) is 13.0. The van der Waals surface area contributed by atoms with Crippen LogP contribution in [0.3, 0.4) is 0 Å². The number of ether oxygens (including phenoxy) is 3. The zero-order valence-corrected chi connectivity index (χ0v) is 23.2. The van der Waals surface area contributed by atoms with E-state index < -0.39 is 0 Å². The normalized spacial score (nSPS) is 17.7. The molecule has 5 rings (SSSR count). The maximum Gasteiger partial charge on any atom is 0.161 e. The smallest absolute Gasteiger partial charge is 0.161 e. The molecular weight excluding hydrogens is 446 g/mol. The fourth-order valence-corrected chi connectivity index (χ4v) is 6.28. The minimum absolute atomic E-state index is 0.178. The van der Waals surface area contributed by atoms with E-state index in [4.69, 9.17) is 14.2 Å². The van der Waals surface area contributed by atoms with Gasteiger partial charge in [0, 0.05) is 24.3 Å². The molecule has 1 atom stereocenters. The Labute approximate surface area is 216 Å². The van der Waals surface area contributed by atoms with Crippen LogP contribution in [0.2, 0.25) is 0 Å². The monoisotopic (exact) mass is 485 g/mol. The van der Waals surface area contributed by atoms with E-state index in [1.807, 2.05) is 0 Å². The lowest BCUT2D eigenvalue weighted by Gasteiger charge is -2.29. The van der Waals surface area contributed by atoms with E-state index in [-0.39, 0.29) is 11.5 Å². The molecule has 0 fully saturated rings. The average Bonchev–Trinajstić information content (AvgIpc) is 3.38. The third-order valence-electron chi connectivity index (χ3n) is 8.29. The number of rotatable bonds is 5. The molecule has 2 aliphatic heterocycles. The second-order valence-electron chi connectivity index (χ2n) is 11.3. The van der Waals surface area contributed by atoms with Crippen molar-refractivity contribution in [2.75, 3.05) is 19.1 Å². The van der Waals surface area contributed by atoms with Crippen LogP contribution in [-0.2, 0) is 13.1 Å². The molecule has 0 amide bonds. The first-order chi connectivity index (χ1) is 17.1. The van der Waals surface area contributed by atoms with Crippen molar-refractivity contribution in [1.82, 2.24) is 0 Å². The molecule has 0 radical (unpaired) electrons. The van der Waals surface area contributed by atoms with Gasteiger partial charge in [0.05, 0.1) is 20.1 Å². The largest absolute Gasteiger partial charge is 0.493 e. The van der Waals surface area contributed by atoms with Crippen molar-refractivity contribution >= 4 is 5.69 Å². The van der Waals surface area contributed by atoms with Crippen LogP contribution in [0.5, 0.6) is 17.2 Å². The van der Waals surface area contributed by atoms with Crippen LogP contribution in [0.1, 0.15) is 84.0 Å². The lowest BCUT2D eigenvalue weighted by atomic mass is 9.78. The topological polar surface area (TPSA) is 30.9 Å². The standard InChI is InChI=1S/C32H39NO3/c1-18(2)22-10-12-23(13-11-22)29-28-21(5)30(19(3)20(4)31(28)36-32(29,6)7)33-16-24-14-26(34-8)27(35-9)15-25(24)17-33/h10-15,18,29H,16-17H2,1-9H3/t29-/m1/s1. The SMILES string of the molecule is COc1cc2c(cc1OC)CN(c1c(C)c(C)c3c(c1C)[C@@H](c1ccc(C(C)C)cc1)C(C)(C)O3)C2. The maximum absolute atomic E-state index is 6.72. The van der Waals surface area contributed by atoms with Gasteiger partial charge in [0.25, 0.3) is 0 Å². The predicted molar refractivity (Wildman–Crippen MR) is 147 cm³/mol. The van der Waals surface area contributed by atoms with Crippen LogP contribution in [0.15, 0.2) is 36.4 Å². The molecule has 2 heterocycles. The van der Waals surface area contributed by atoms with Crippen molar-refractivity contribution < 1.29 is 14.2 Å². The molecule has 0 saturated heterocycles. The molecule has 3 aromatic carbocycles. The average molecular weight is 486 g/mol. The van der Waals surface area contributed by atoms with E-state index >= 15 is 0 Å². The summed E-state index contributed by atoms with van der Waals surface area (Å²) in [7, 11) is 3.40. The highest BCUT2D eigenvalue weighted by atomic mass is 16.5. The highest BCUT2D eigenvalue weighted by Crippen LogP contribution is 2.54. The minimum Gasteiger partial charge on any atom is -0.493 e. The van der Waals surface area contributed by atoms with Gasteiger partial charge in [-0.1, -0.05) is 38.1 Å². The second kappa shape index (κ2) is 8.76. The Morgan fingerprint density at radius 2 is 1.42 bits per heavy atom. The number of nitrogens with zero attached hydrogens (tertiary/aromatic N) is 1. The quantitative estimate of drug-likeness (QED) is 0.373. The number of hydrogen-bond donors (Lipinski definition) is 0. The molecule has 0 bridgehead atoms. The zero-order valence-electron chi connectivity index (χ0n) is 23.2. The van der Waals surface area contributed by atoms with Crippen molar-refractivity contribution in [3.8, 4) is 17.2 Å². The van der Waals surface area contributed by atoms with Crippen molar-refractivity contribution in [3.63, 3.8) is 0 Å². The van der Waals surface area contributed by atoms with Gasteiger partial charge in [-0.25, -0.2) is 0 Å². The van der Waals surface area contributed by atoms with Crippen molar-refractivity contribution in [3.05, 3.63) is 80.9 Å². The number of anilines is 1. The molecule has 36 heavy (non-hydrogen) atoms. The molecule has 0 saturated carbocycles. The van der Waals surface area contributed by atoms with Crippen LogP contribution in [0.25, 0.3) is 0 Å². The highest BCUT2D eigenvalue weighted by Gasteiger charge is 2.45. The number of hydrogen-bond acceptors (Lipinski definition) is 4. The Hall–Kier alpha value is -3.14. The first kappa shape index (κ1) is 24.5. The van der Waals surface area contributed by atoms with E-state index in [0.29, 0.717) is 5.92 Å². The van der Waals surface area contributed by atoms with E-state index in [1.165, 1.54) is 50.2 Å². The third kappa shape index (κ3) is 3.73. The molecule has 2 aliphatic rings. The molecular formula is C32H39NO3. The second-order valence-corrected chi connectivity index (χ2v) is 11.3. The van der Waals surface area contributed by atoms with E-state index in [2.05, 4.69) is 89.8 Å². The summed E-state index contributed by atoms with van der Waals surface area (Å²) >= 11 is 0. The van der Waals surface area contributed by atoms with Crippen molar-refractivity contribution in [2.24, 2.45) is 0 Å². The summed E-state index contributed by atoms with van der Waals surface area (Å²) in [6.07, 6.45) is 0. The molecule has 0 aliphatic carbocycles. The van der Waals surface area contributed by atoms with E-state index in [1.54, 1.807) is 14.2 Å². The summed E-state index contributed by atoms with van der Waals surface area (Å²) < 4.78 is 17.9. The lowest BCUT2D eigenvalue weighted by molar-refractivity contribution is 0.121. The summed E-state index contributed by atoms with van der Waals surface area (Å²) in [4.78, 5) is 2.51. The highest BCUT2D eigenvalue weighted by molar-refractivity contribution is 5.73. The van der Waals surface area contributed by atoms with E-state index in [0.717, 1.165) is 30.3 Å². The number of benzene rings is 3. The van der Waals surface area contributed by atoms with Gasteiger partial charge in [0.1, 0.15) is 11.4 Å². The summed E-state index contributed by atoms with van der Waals surface area (Å²) in [5.41, 5.74) is 11.5. The molecule has 0 N–H and O–H groups in total. The molecule has 190 valence electrons. The molecule has 4 heteroatoms. The zero-order chi connectivity index (χ0) is 25.9. The van der Waals surface area contributed by atoms with Crippen LogP contribution in [0.4, 0.5) is 5.69 Å². The summed E-state index contributed by atoms with van der Waals surface area (Å²) in [5, 5.41) is 0. The van der Waals surface area contributed by atoms with Crippen LogP contribution in [0, 0.1) is 20.8 Å². The Morgan fingerprint density at radius 3 is 1.92 bits per heavy atom. The molecule has 0 aromatic heterocycles. The van der Waals surface area contributed by atoms with Crippen LogP contribution >= 0.6 is 0 Å². The van der Waals surface area contributed by atoms with Gasteiger partial charge >= 0.3 is 0 Å². The van der Waals surface area contributed by atoms with Crippen molar-refractivity contribution in [1.29, 1.82) is 0 Å². The summed E-state index contributed by atoms with van der Waals surface area (Å²) in [5.74, 6) is 3.34. The first-order valence-corrected chi connectivity index (χ1v) is 13.0. The summed E-state index contributed by atoms with van der Waals surface area (Å²) in [6.45, 7) is 17.4. The Balaban J connectivity index is 1.61. The maximum atomic E-state index is 6.72. The van der Waals surface area contributed by atoms with Gasteiger partial charge in [-0.05, 0) is 91.6 Å². The summed E-state index contributed by atoms with van der Waals surface area (Å²) in [6, 6.07) is 13.4. The van der Waals surface area contributed by atoms with Crippen molar-refractivity contribution in [2.45, 2.75) is 79.0 Å². The Bertz CT molecular complexity index is 1290. The fourth-order valence-electron chi connectivity index (χ4n) is 6.28. The molecule has 4 nitrogen and oxygen atoms in total. The van der Waals surface area contributed by atoms with Gasteiger partial charge < -0.3 is 19.1 Å². The fraction of sp³-hybridized carbons (Fsp3) is 0.438. The Morgan fingerprint density at radius 1 is 0.861 bits per heavy atom. The van der Waals surface area contributed by atoms with Crippen LogP contribution < -0.4 is 19.1 Å².